The highest BCUT2D eigenvalue weighted by Crippen LogP contribution is 2.33. The molecule has 0 radical (unpaired) electrons. The van der Waals surface area contributed by atoms with Gasteiger partial charge in [-0.1, -0.05) is 23.4 Å². The molecule has 1 aromatic carbocycles. The lowest BCUT2D eigenvalue weighted by molar-refractivity contribution is -0.121. The van der Waals surface area contributed by atoms with Crippen molar-refractivity contribution in [3.63, 3.8) is 0 Å². The van der Waals surface area contributed by atoms with Gasteiger partial charge in [-0.25, -0.2) is 9.88 Å². The van der Waals surface area contributed by atoms with Crippen LogP contribution >= 0.6 is 23.4 Å². The maximum atomic E-state index is 12.7. The quantitative estimate of drug-likeness (QED) is 0.694. The topological polar surface area (TPSA) is 91.8 Å². The molecule has 0 spiro atoms. The van der Waals surface area contributed by atoms with Crippen molar-refractivity contribution in [2.45, 2.75) is 16.8 Å². The van der Waals surface area contributed by atoms with Crippen LogP contribution in [-0.4, -0.2) is 37.2 Å². The Hall–Kier alpha value is -2.71. The van der Waals surface area contributed by atoms with Gasteiger partial charge in [-0.3, -0.25) is 19.7 Å². The highest BCUT2D eigenvalue weighted by Gasteiger charge is 2.40. The number of carbonyl (C=O) groups excluding carboxylic acids is 2. The SMILES string of the molecule is O=C1C[C@@H](Sc2n[nH]c(-c3ccncc3)n2)C(=O)N1c1ccc(Cl)cc1. The van der Waals surface area contributed by atoms with Crippen molar-refractivity contribution in [3.05, 3.63) is 53.8 Å². The summed E-state index contributed by atoms with van der Waals surface area (Å²) in [7, 11) is 0. The minimum absolute atomic E-state index is 0.102. The zero-order valence-electron chi connectivity index (χ0n) is 13.3. The van der Waals surface area contributed by atoms with Gasteiger partial charge < -0.3 is 0 Å². The summed E-state index contributed by atoms with van der Waals surface area (Å²) in [6.07, 6.45) is 3.42. The van der Waals surface area contributed by atoms with Gasteiger partial charge in [0.1, 0.15) is 5.25 Å². The van der Waals surface area contributed by atoms with E-state index in [9.17, 15) is 9.59 Å². The largest absolute Gasteiger partial charge is 0.274 e. The molecule has 1 aliphatic rings. The monoisotopic (exact) mass is 385 g/mol. The fourth-order valence-corrected chi connectivity index (χ4v) is 3.68. The molecule has 0 aliphatic carbocycles. The van der Waals surface area contributed by atoms with Crippen LogP contribution in [0.1, 0.15) is 6.42 Å². The van der Waals surface area contributed by atoms with Gasteiger partial charge in [0, 0.05) is 29.4 Å². The van der Waals surface area contributed by atoms with Gasteiger partial charge in [0.15, 0.2) is 5.82 Å². The first-order valence-electron chi connectivity index (χ1n) is 7.73. The maximum Gasteiger partial charge on any atom is 0.247 e. The van der Waals surface area contributed by atoms with Crippen molar-refractivity contribution in [2.75, 3.05) is 4.90 Å². The Balaban J connectivity index is 1.51. The van der Waals surface area contributed by atoms with E-state index in [4.69, 9.17) is 11.6 Å². The molecule has 1 aliphatic heterocycles. The number of hydrogen-bond acceptors (Lipinski definition) is 6. The first-order chi connectivity index (χ1) is 12.6. The number of anilines is 1. The van der Waals surface area contributed by atoms with E-state index in [1.807, 2.05) is 12.1 Å². The number of carbonyl (C=O) groups is 2. The molecule has 26 heavy (non-hydrogen) atoms. The normalized spacial score (nSPS) is 17.1. The third-order valence-electron chi connectivity index (χ3n) is 3.86. The summed E-state index contributed by atoms with van der Waals surface area (Å²) in [4.78, 5) is 34.5. The number of pyridine rings is 1. The number of rotatable bonds is 4. The van der Waals surface area contributed by atoms with Crippen LogP contribution in [0.25, 0.3) is 11.4 Å². The molecule has 0 unspecified atom stereocenters. The van der Waals surface area contributed by atoms with E-state index < -0.39 is 5.25 Å². The zero-order valence-corrected chi connectivity index (χ0v) is 14.9. The lowest BCUT2D eigenvalue weighted by Gasteiger charge is -2.14. The standard InChI is InChI=1S/C17H12ClN5O2S/c18-11-1-3-12(4-2-11)23-14(24)9-13(16(23)25)26-17-20-15(21-22-17)10-5-7-19-8-6-10/h1-8,13H,9H2,(H,20,21,22)/t13-/m1/s1. The molecule has 0 bridgehead atoms. The zero-order chi connectivity index (χ0) is 18.1. The number of aromatic nitrogens is 4. The van der Waals surface area contributed by atoms with E-state index >= 15 is 0 Å². The molecule has 3 aromatic rings. The summed E-state index contributed by atoms with van der Waals surface area (Å²) in [6.45, 7) is 0. The van der Waals surface area contributed by atoms with Gasteiger partial charge in [-0.05, 0) is 36.4 Å². The number of H-pyrrole nitrogens is 1. The van der Waals surface area contributed by atoms with Gasteiger partial charge in [0.25, 0.3) is 0 Å². The molecule has 1 fully saturated rings. The third-order valence-corrected chi connectivity index (χ3v) is 5.15. The van der Waals surface area contributed by atoms with Gasteiger partial charge in [-0.2, -0.15) is 0 Å². The Labute approximate surface area is 157 Å². The van der Waals surface area contributed by atoms with E-state index in [1.54, 1.807) is 36.7 Å². The minimum Gasteiger partial charge on any atom is -0.274 e. The van der Waals surface area contributed by atoms with Crippen LogP contribution in [0.15, 0.2) is 53.9 Å². The Bertz CT molecular complexity index is 961. The summed E-state index contributed by atoms with van der Waals surface area (Å²) in [5.41, 5.74) is 1.36. The molecule has 130 valence electrons. The molecule has 1 atom stereocenters. The van der Waals surface area contributed by atoms with Crippen molar-refractivity contribution in [3.8, 4) is 11.4 Å². The summed E-state index contributed by atoms with van der Waals surface area (Å²) < 4.78 is 0. The third kappa shape index (κ3) is 3.21. The number of nitrogens with zero attached hydrogens (tertiary/aromatic N) is 4. The van der Waals surface area contributed by atoms with E-state index in [0.717, 1.165) is 5.56 Å². The van der Waals surface area contributed by atoms with Gasteiger partial charge in [0.05, 0.1) is 5.69 Å². The van der Waals surface area contributed by atoms with Crippen molar-refractivity contribution >= 4 is 40.9 Å². The average Bonchev–Trinajstić information content (AvgIpc) is 3.22. The van der Waals surface area contributed by atoms with E-state index in [1.165, 1.54) is 16.7 Å². The van der Waals surface area contributed by atoms with Crippen LogP contribution in [0.3, 0.4) is 0 Å². The molecule has 4 rings (SSSR count). The van der Waals surface area contributed by atoms with Crippen LogP contribution in [0.5, 0.6) is 0 Å². The lowest BCUT2D eigenvalue weighted by atomic mass is 10.3. The predicted octanol–water partition coefficient (Wildman–Crippen LogP) is 2.94. The first kappa shape index (κ1) is 16.7. The Morgan fingerprint density at radius 3 is 2.58 bits per heavy atom. The van der Waals surface area contributed by atoms with E-state index in [-0.39, 0.29) is 18.2 Å². The first-order valence-corrected chi connectivity index (χ1v) is 8.99. The van der Waals surface area contributed by atoms with Crippen molar-refractivity contribution in [2.24, 2.45) is 0 Å². The van der Waals surface area contributed by atoms with Crippen molar-refractivity contribution in [1.29, 1.82) is 0 Å². The molecule has 1 N–H and O–H groups in total. The molecule has 7 nitrogen and oxygen atoms in total. The smallest absolute Gasteiger partial charge is 0.247 e. The van der Waals surface area contributed by atoms with Gasteiger partial charge in [0.2, 0.25) is 17.0 Å². The minimum atomic E-state index is -0.556. The van der Waals surface area contributed by atoms with Crippen molar-refractivity contribution in [1.82, 2.24) is 20.2 Å². The summed E-state index contributed by atoms with van der Waals surface area (Å²) in [5, 5.41) is 7.37. The molecular weight excluding hydrogens is 374 g/mol. The lowest BCUT2D eigenvalue weighted by Crippen LogP contribution is -2.31. The number of halogens is 1. The average molecular weight is 386 g/mol. The number of benzene rings is 1. The van der Waals surface area contributed by atoms with Gasteiger partial charge >= 0.3 is 0 Å². The molecule has 1 saturated heterocycles. The number of imide groups is 1. The Morgan fingerprint density at radius 1 is 1.12 bits per heavy atom. The molecule has 9 heteroatoms. The number of aromatic amines is 1. The number of hydrogen-bond donors (Lipinski definition) is 1. The van der Waals surface area contributed by atoms with Crippen LogP contribution in [0.2, 0.25) is 5.02 Å². The number of nitrogens with one attached hydrogen (secondary N) is 1. The number of amides is 2. The molecule has 3 heterocycles. The second-order valence-corrected chi connectivity index (χ2v) is 7.16. The molecule has 2 amide bonds. The molecule has 0 saturated carbocycles. The van der Waals surface area contributed by atoms with Crippen LogP contribution in [-0.2, 0) is 9.59 Å². The van der Waals surface area contributed by atoms with Crippen LogP contribution in [0.4, 0.5) is 5.69 Å². The fourth-order valence-electron chi connectivity index (χ4n) is 2.62. The summed E-state index contributed by atoms with van der Waals surface area (Å²) >= 11 is 7.04. The van der Waals surface area contributed by atoms with E-state index in [0.29, 0.717) is 21.7 Å². The van der Waals surface area contributed by atoms with E-state index in [2.05, 4.69) is 20.2 Å². The number of thioether (sulfide) groups is 1. The summed E-state index contributed by atoms with van der Waals surface area (Å²) in [5.74, 6) is 0.0542. The fraction of sp³-hybridized carbons (Fsp3) is 0.118. The molecular formula is C17H12ClN5O2S. The van der Waals surface area contributed by atoms with Crippen LogP contribution < -0.4 is 4.90 Å². The Kier molecular flexibility index (Phi) is 4.44. The highest BCUT2D eigenvalue weighted by molar-refractivity contribution is 8.00. The Morgan fingerprint density at radius 2 is 1.85 bits per heavy atom. The summed E-state index contributed by atoms with van der Waals surface area (Å²) in [6, 6.07) is 10.2. The molecule has 2 aromatic heterocycles. The predicted molar refractivity (Wildman–Crippen MR) is 97.8 cm³/mol. The second kappa shape index (κ2) is 6.89. The van der Waals surface area contributed by atoms with Crippen LogP contribution in [0, 0.1) is 0 Å². The highest BCUT2D eigenvalue weighted by atomic mass is 35.5. The van der Waals surface area contributed by atoms with Gasteiger partial charge in [-0.15, -0.1) is 5.10 Å². The second-order valence-electron chi connectivity index (χ2n) is 5.56. The van der Waals surface area contributed by atoms with Crippen molar-refractivity contribution < 1.29 is 9.59 Å². The maximum absolute atomic E-state index is 12.7.